The fourth-order valence-corrected chi connectivity index (χ4v) is 2.72. The maximum absolute atomic E-state index is 5.99. The molecule has 21 heavy (non-hydrogen) atoms. The quantitative estimate of drug-likeness (QED) is 0.713. The lowest BCUT2D eigenvalue weighted by molar-refractivity contribution is 0.479. The van der Waals surface area contributed by atoms with E-state index in [1.54, 1.807) is 0 Å². The first kappa shape index (κ1) is 14.1. The first-order valence-electron chi connectivity index (χ1n) is 6.82. The monoisotopic (exact) mass is 341 g/mol. The summed E-state index contributed by atoms with van der Waals surface area (Å²) < 4.78 is 7.07. The molecular weight excluding hydrogens is 326 g/mol. The zero-order valence-electron chi connectivity index (χ0n) is 11.8. The third-order valence-electron chi connectivity index (χ3n) is 3.48. The first-order chi connectivity index (χ1) is 10.2. The van der Waals surface area contributed by atoms with Crippen molar-refractivity contribution >= 4 is 26.7 Å². The van der Waals surface area contributed by atoms with Crippen molar-refractivity contribution < 1.29 is 4.74 Å². The van der Waals surface area contributed by atoms with Crippen LogP contribution in [0.3, 0.4) is 0 Å². The summed E-state index contributed by atoms with van der Waals surface area (Å²) in [5, 5.41) is 2.35. The Labute approximate surface area is 132 Å². The summed E-state index contributed by atoms with van der Waals surface area (Å²) in [5.41, 5.74) is 7.86. The number of hydrogen-bond acceptors (Lipinski definition) is 2. The summed E-state index contributed by atoms with van der Waals surface area (Å²) in [6.45, 7) is 2.58. The molecule has 3 heteroatoms. The zero-order valence-corrected chi connectivity index (χ0v) is 13.4. The smallest absolute Gasteiger partial charge is 0.130 e. The van der Waals surface area contributed by atoms with E-state index in [0.29, 0.717) is 6.54 Å². The molecule has 2 N–H and O–H groups in total. The molecule has 0 saturated carbocycles. The molecular formula is C18H16BrNO. The Balaban J connectivity index is 1.92. The van der Waals surface area contributed by atoms with E-state index >= 15 is 0 Å². The molecule has 0 spiro atoms. The van der Waals surface area contributed by atoms with E-state index in [1.165, 1.54) is 5.39 Å². The number of aryl methyl sites for hydroxylation is 1. The van der Waals surface area contributed by atoms with Crippen LogP contribution >= 0.6 is 15.9 Å². The number of hydrogen-bond donors (Lipinski definition) is 1. The molecule has 0 bridgehead atoms. The van der Waals surface area contributed by atoms with Crippen LogP contribution in [0, 0.1) is 6.92 Å². The predicted molar refractivity (Wildman–Crippen MR) is 90.8 cm³/mol. The Morgan fingerprint density at radius 1 is 0.952 bits per heavy atom. The second-order valence-corrected chi connectivity index (χ2v) is 5.97. The van der Waals surface area contributed by atoms with Gasteiger partial charge in [-0.25, -0.2) is 0 Å². The zero-order chi connectivity index (χ0) is 14.8. The number of benzene rings is 3. The highest BCUT2D eigenvalue weighted by molar-refractivity contribution is 9.10. The molecule has 3 aromatic carbocycles. The highest BCUT2D eigenvalue weighted by atomic mass is 79.9. The van der Waals surface area contributed by atoms with Crippen LogP contribution in [-0.4, -0.2) is 0 Å². The van der Waals surface area contributed by atoms with Crippen molar-refractivity contribution in [1.29, 1.82) is 0 Å². The lowest BCUT2D eigenvalue weighted by Crippen LogP contribution is -1.97. The molecule has 0 aliphatic rings. The van der Waals surface area contributed by atoms with Gasteiger partial charge in [-0.1, -0.05) is 40.2 Å². The maximum atomic E-state index is 5.99. The van der Waals surface area contributed by atoms with Gasteiger partial charge in [0.1, 0.15) is 11.5 Å². The van der Waals surface area contributed by atoms with Crippen LogP contribution in [0.25, 0.3) is 10.8 Å². The van der Waals surface area contributed by atoms with Gasteiger partial charge in [-0.15, -0.1) is 0 Å². The second-order valence-electron chi connectivity index (χ2n) is 5.06. The Hall–Kier alpha value is -1.84. The van der Waals surface area contributed by atoms with Crippen molar-refractivity contribution in [3.63, 3.8) is 0 Å². The summed E-state index contributed by atoms with van der Waals surface area (Å²) in [6.07, 6.45) is 0. The molecule has 0 unspecified atom stereocenters. The van der Waals surface area contributed by atoms with Crippen molar-refractivity contribution in [2.75, 3.05) is 0 Å². The highest BCUT2D eigenvalue weighted by Crippen LogP contribution is 2.29. The fourth-order valence-electron chi connectivity index (χ4n) is 2.34. The normalized spacial score (nSPS) is 10.8. The van der Waals surface area contributed by atoms with E-state index < -0.39 is 0 Å². The Morgan fingerprint density at radius 3 is 2.48 bits per heavy atom. The molecule has 0 aromatic heterocycles. The van der Waals surface area contributed by atoms with E-state index in [-0.39, 0.29) is 0 Å². The molecule has 0 saturated heterocycles. The van der Waals surface area contributed by atoms with Gasteiger partial charge >= 0.3 is 0 Å². The van der Waals surface area contributed by atoms with Crippen LogP contribution in [0.4, 0.5) is 0 Å². The SMILES string of the molecule is Cc1cc(CN)ccc1Oc1ccc2cc(Br)ccc2c1. The van der Waals surface area contributed by atoms with Crippen LogP contribution in [0.5, 0.6) is 11.5 Å². The van der Waals surface area contributed by atoms with Crippen LogP contribution in [-0.2, 0) is 6.54 Å². The molecule has 0 aliphatic heterocycles. The Bertz CT molecular complexity index is 798. The van der Waals surface area contributed by atoms with Crippen LogP contribution in [0.15, 0.2) is 59.1 Å². The molecule has 3 aromatic rings. The summed E-state index contributed by atoms with van der Waals surface area (Å²) >= 11 is 3.49. The molecule has 106 valence electrons. The summed E-state index contributed by atoms with van der Waals surface area (Å²) in [4.78, 5) is 0. The predicted octanol–water partition coefficient (Wildman–Crippen LogP) is 5.16. The second kappa shape index (κ2) is 5.88. The largest absolute Gasteiger partial charge is 0.457 e. The summed E-state index contributed by atoms with van der Waals surface area (Å²) in [7, 11) is 0. The summed E-state index contributed by atoms with van der Waals surface area (Å²) in [5.74, 6) is 1.71. The van der Waals surface area contributed by atoms with Gasteiger partial charge in [0.15, 0.2) is 0 Å². The average molecular weight is 342 g/mol. The number of ether oxygens (including phenoxy) is 1. The van der Waals surface area contributed by atoms with Crippen LogP contribution < -0.4 is 10.5 Å². The van der Waals surface area contributed by atoms with Gasteiger partial charge in [-0.2, -0.15) is 0 Å². The van der Waals surface area contributed by atoms with Gasteiger partial charge in [0, 0.05) is 11.0 Å². The van der Waals surface area contributed by atoms with Crippen molar-refractivity contribution in [3.8, 4) is 11.5 Å². The van der Waals surface area contributed by atoms with Gasteiger partial charge in [-0.3, -0.25) is 0 Å². The summed E-state index contributed by atoms with van der Waals surface area (Å²) in [6, 6.07) is 18.4. The van der Waals surface area contributed by atoms with Crippen molar-refractivity contribution in [2.45, 2.75) is 13.5 Å². The number of rotatable bonds is 3. The molecule has 0 aliphatic carbocycles. The number of nitrogens with two attached hydrogens (primary N) is 1. The minimum Gasteiger partial charge on any atom is -0.457 e. The fraction of sp³-hybridized carbons (Fsp3) is 0.111. The number of fused-ring (bicyclic) bond motifs is 1. The first-order valence-corrected chi connectivity index (χ1v) is 7.62. The van der Waals surface area contributed by atoms with Gasteiger partial charge < -0.3 is 10.5 Å². The van der Waals surface area contributed by atoms with Crippen molar-refractivity contribution in [1.82, 2.24) is 0 Å². The molecule has 0 heterocycles. The van der Waals surface area contributed by atoms with Crippen molar-refractivity contribution in [3.05, 3.63) is 70.2 Å². The molecule has 2 nitrogen and oxygen atoms in total. The topological polar surface area (TPSA) is 35.2 Å². The Kier molecular flexibility index (Phi) is 3.95. The molecule has 0 amide bonds. The molecule has 0 radical (unpaired) electrons. The van der Waals surface area contributed by atoms with E-state index in [1.807, 2.05) is 31.2 Å². The lowest BCUT2D eigenvalue weighted by atomic mass is 10.1. The van der Waals surface area contributed by atoms with E-state index in [9.17, 15) is 0 Å². The van der Waals surface area contributed by atoms with E-state index in [4.69, 9.17) is 10.5 Å². The van der Waals surface area contributed by atoms with Crippen molar-refractivity contribution in [2.24, 2.45) is 5.73 Å². The maximum Gasteiger partial charge on any atom is 0.130 e. The highest BCUT2D eigenvalue weighted by Gasteiger charge is 2.04. The molecule has 3 rings (SSSR count). The van der Waals surface area contributed by atoms with Gasteiger partial charge in [0.2, 0.25) is 0 Å². The minimum atomic E-state index is 0.548. The average Bonchev–Trinajstić information content (AvgIpc) is 2.49. The van der Waals surface area contributed by atoms with Gasteiger partial charge in [0.25, 0.3) is 0 Å². The van der Waals surface area contributed by atoms with Gasteiger partial charge in [0.05, 0.1) is 0 Å². The molecule has 0 fully saturated rings. The lowest BCUT2D eigenvalue weighted by Gasteiger charge is -2.11. The van der Waals surface area contributed by atoms with Gasteiger partial charge in [-0.05, 0) is 59.2 Å². The standard InChI is InChI=1S/C18H16BrNO/c1-12-8-13(11-20)2-7-18(12)21-17-6-4-14-9-16(19)5-3-15(14)10-17/h2-10H,11,20H2,1H3. The van der Waals surface area contributed by atoms with E-state index in [2.05, 4.69) is 46.3 Å². The van der Waals surface area contributed by atoms with Crippen LogP contribution in [0.2, 0.25) is 0 Å². The third kappa shape index (κ3) is 3.09. The Morgan fingerprint density at radius 2 is 1.71 bits per heavy atom. The van der Waals surface area contributed by atoms with Crippen LogP contribution in [0.1, 0.15) is 11.1 Å². The third-order valence-corrected chi connectivity index (χ3v) is 3.97. The van der Waals surface area contributed by atoms with E-state index in [0.717, 1.165) is 32.5 Å². The molecule has 0 atom stereocenters. The minimum absolute atomic E-state index is 0.548. The number of halogens is 1.